The van der Waals surface area contributed by atoms with Gasteiger partial charge in [0.1, 0.15) is 5.75 Å². The fraction of sp³-hybridized carbons (Fsp3) is 0.167. The van der Waals surface area contributed by atoms with Crippen LogP contribution in [0.2, 0.25) is 5.02 Å². The van der Waals surface area contributed by atoms with E-state index in [1.807, 2.05) is 36.5 Å². The van der Waals surface area contributed by atoms with Gasteiger partial charge in [0.05, 0.1) is 5.02 Å². The molecule has 0 atom stereocenters. The summed E-state index contributed by atoms with van der Waals surface area (Å²) in [5.74, 6) is 0.353. The first-order valence-corrected chi connectivity index (χ1v) is 7.81. The van der Waals surface area contributed by atoms with Crippen LogP contribution in [0.15, 0.2) is 54.7 Å². The predicted molar refractivity (Wildman–Crippen MR) is 92.0 cm³/mol. The minimum atomic E-state index is -0.162. The normalized spacial score (nSPS) is 10.7. The molecule has 1 heterocycles. The van der Waals surface area contributed by atoms with E-state index >= 15 is 0 Å². The summed E-state index contributed by atoms with van der Waals surface area (Å²) in [4.78, 5) is 15.1. The van der Waals surface area contributed by atoms with Gasteiger partial charge in [0, 0.05) is 23.6 Å². The molecule has 0 saturated carbocycles. The lowest BCUT2D eigenvalue weighted by Gasteiger charge is -2.08. The zero-order valence-electron chi connectivity index (χ0n) is 12.5. The molecule has 0 unspecified atom stereocenters. The summed E-state index contributed by atoms with van der Waals surface area (Å²) in [5.41, 5.74) is 2.30. The van der Waals surface area contributed by atoms with Crippen LogP contribution < -0.4 is 10.1 Å². The lowest BCUT2D eigenvalue weighted by Crippen LogP contribution is -2.30. The number of hydrogen-bond donors (Lipinski definition) is 2. The Morgan fingerprint density at radius 1 is 1.13 bits per heavy atom. The van der Waals surface area contributed by atoms with Crippen molar-refractivity contribution in [3.8, 4) is 5.75 Å². The molecule has 0 aliphatic heterocycles. The van der Waals surface area contributed by atoms with Gasteiger partial charge < -0.3 is 15.0 Å². The molecule has 3 aromatic rings. The molecule has 23 heavy (non-hydrogen) atoms. The molecule has 1 amide bonds. The van der Waals surface area contributed by atoms with E-state index in [1.165, 1.54) is 10.9 Å². The molecule has 0 spiro atoms. The minimum Gasteiger partial charge on any atom is -0.482 e. The van der Waals surface area contributed by atoms with Crippen molar-refractivity contribution in [2.24, 2.45) is 0 Å². The number of hydrogen-bond acceptors (Lipinski definition) is 2. The molecular weight excluding hydrogens is 312 g/mol. The summed E-state index contributed by atoms with van der Waals surface area (Å²) in [5, 5.41) is 4.54. The van der Waals surface area contributed by atoms with Gasteiger partial charge in [0.25, 0.3) is 5.91 Å². The Labute approximate surface area is 139 Å². The minimum absolute atomic E-state index is 0.0440. The largest absolute Gasteiger partial charge is 0.482 e. The smallest absolute Gasteiger partial charge is 0.257 e. The number of rotatable bonds is 6. The third-order valence-electron chi connectivity index (χ3n) is 3.59. The number of carbonyl (C=O) groups excluding carboxylic acids is 1. The summed E-state index contributed by atoms with van der Waals surface area (Å²) in [6.07, 6.45) is 2.75. The van der Waals surface area contributed by atoms with Crippen LogP contribution in [-0.4, -0.2) is 24.0 Å². The maximum atomic E-state index is 11.8. The monoisotopic (exact) mass is 328 g/mol. The highest BCUT2D eigenvalue weighted by molar-refractivity contribution is 6.32. The van der Waals surface area contributed by atoms with Gasteiger partial charge in [-0.25, -0.2) is 0 Å². The second kappa shape index (κ2) is 7.20. The van der Waals surface area contributed by atoms with E-state index in [1.54, 1.807) is 12.1 Å². The van der Waals surface area contributed by atoms with Gasteiger partial charge in [-0.05, 0) is 30.2 Å². The number of ether oxygens (including phenoxy) is 1. The SMILES string of the molecule is O=C(COc1ccccc1Cl)NCCc1c[nH]c2ccccc12. The number of para-hydroxylation sites is 2. The summed E-state index contributed by atoms with van der Waals surface area (Å²) in [6.45, 7) is 0.518. The summed E-state index contributed by atoms with van der Waals surface area (Å²) in [6, 6.07) is 15.2. The van der Waals surface area contributed by atoms with Gasteiger partial charge in [-0.15, -0.1) is 0 Å². The third-order valence-corrected chi connectivity index (χ3v) is 3.90. The molecule has 4 nitrogen and oxygen atoms in total. The van der Waals surface area contributed by atoms with Crippen molar-refractivity contribution in [3.05, 3.63) is 65.3 Å². The Bertz CT molecular complexity index is 813. The van der Waals surface area contributed by atoms with E-state index in [0.29, 0.717) is 17.3 Å². The third kappa shape index (κ3) is 3.85. The topological polar surface area (TPSA) is 54.1 Å². The molecule has 2 N–H and O–H groups in total. The fourth-order valence-corrected chi connectivity index (χ4v) is 2.62. The molecule has 3 rings (SSSR count). The summed E-state index contributed by atoms with van der Waals surface area (Å²) >= 11 is 5.97. The maximum Gasteiger partial charge on any atom is 0.257 e. The predicted octanol–water partition coefficient (Wildman–Crippen LogP) is 3.56. The molecule has 0 fully saturated rings. The van der Waals surface area contributed by atoms with Gasteiger partial charge in [-0.2, -0.15) is 0 Å². The van der Waals surface area contributed by atoms with Crippen molar-refractivity contribution >= 4 is 28.4 Å². The second-order valence-corrected chi connectivity index (χ2v) is 5.59. The van der Waals surface area contributed by atoms with E-state index in [9.17, 15) is 4.79 Å². The Hall–Kier alpha value is -2.46. The lowest BCUT2D eigenvalue weighted by molar-refractivity contribution is -0.123. The van der Waals surface area contributed by atoms with E-state index in [2.05, 4.69) is 16.4 Å². The highest BCUT2D eigenvalue weighted by Crippen LogP contribution is 2.22. The fourth-order valence-electron chi connectivity index (χ4n) is 2.43. The van der Waals surface area contributed by atoms with E-state index in [0.717, 1.165) is 11.9 Å². The Morgan fingerprint density at radius 2 is 1.91 bits per heavy atom. The average molecular weight is 329 g/mol. The van der Waals surface area contributed by atoms with E-state index in [4.69, 9.17) is 16.3 Å². The van der Waals surface area contributed by atoms with Crippen LogP contribution >= 0.6 is 11.6 Å². The molecule has 2 aromatic carbocycles. The van der Waals surface area contributed by atoms with Crippen molar-refractivity contribution in [2.45, 2.75) is 6.42 Å². The van der Waals surface area contributed by atoms with E-state index < -0.39 is 0 Å². The van der Waals surface area contributed by atoms with Crippen LogP contribution in [-0.2, 0) is 11.2 Å². The van der Waals surface area contributed by atoms with Crippen molar-refractivity contribution in [3.63, 3.8) is 0 Å². The molecular formula is C18H17ClN2O2. The average Bonchev–Trinajstić information content (AvgIpc) is 2.98. The highest BCUT2D eigenvalue weighted by Gasteiger charge is 2.06. The zero-order chi connectivity index (χ0) is 16.1. The van der Waals surface area contributed by atoms with Crippen LogP contribution in [0, 0.1) is 0 Å². The molecule has 1 aromatic heterocycles. The van der Waals surface area contributed by atoms with Gasteiger partial charge >= 0.3 is 0 Å². The number of fused-ring (bicyclic) bond motifs is 1. The van der Waals surface area contributed by atoms with Gasteiger partial charge in [0.2, 0.25) is 0 Å². The Balaban J connectivity index is 1.47. The van der Waals surface area contributed by atoms with Crippen LogP contribution in [0.25, 0.3) is 10.9 Å². The number of H-pyrrole nitrogens is 1. The number of aromatic amines is 1. The molecule has 118 valence electrons. The number of amides is 1. The molecule has 0 saturated heterocycles. The number of carbonyl (C=O) groups is 1. The molecule has 0 aliphatic carbocycles. The highest BCUT2D eigenvalue weighted by atomic mass is 35.5. The van der Waals surface area contributed by atoms with Crippen LogP contribution in [0.1, 0.15) is 5.56 Å². The molecule has 0 aliphatic rings. The quantitative estimate of drug-likeness (QED) is 0.727. The van der Waals surface area contributed by atoms with Crippen molar-refractivity contribution in [2.75, 3.05) is 13.2 Å². The maximum absolute atomic E-state index is 11.8. The number of benzene rings is 2. The van der Waals surface area contributed by atoms with Gasteiger partial charge in [-0.1, -0.05) is 41.9 Å². The zero-order valence-corrected chi connectivity index (χ0v) is 13.3. The van der Waals surface area contributed by atoms with Crippen LogP contribution in [0.3, 0.4) is 0 Å². The number of aromatic nitrogens is 1. The number of halogens is 1. The molecule has 5 heteroatoms. The first kappa shape index (κ1) is 15.4. The molecule has 0 radical (unpaired) electrons. The summed E-state index contributed by atoms with van der Waals surface area (Å²) < 4.78 is 5.41. The lowest BCUT2D eigenvalue weighted by atomic mass is 10.1. The van der Waals surface area contributed by atoms with E-state index in [-0.39, 0.29) is 12.5 Å². The number of nitrogens with one attached hydrogen (secondary N) is 2. The van der Waals surface area contributed by atoms with Crippen molar-refractivity contribution in [1.29, 1.82) is 0 Å². The van der Waals surface area contributed by atoms with Crippen molar-refractivity contribution < 1.29 is 9.53 Å². The van der Waals surface area contributed by atoms with Crippen LogP contribution in [0.5, 0.6) is 5.75 Å². The van der Waals surface area contributed by atoms with Gasteiger partial charge in [0.15, 0.2) is 6.61 Å². The summed E-state index contributed by atoms with van der Waals surface area (Å²) in [7, 11) is 0. The first-order chi connectivity index (χ1) is 11.2. The van der Waals surface area contributed by atoms with Crippen molar-refractivity contribution in [1.82, 2.24) is 10.3 Å². The molecule has 0 bridgehead atoms. The second-order valence-electron chi connectivity index (χ2n) is 5.18. The first-order valence-electron chi connectivity index (χ1n) is 7.43. The standard InChI is InChI=1S/C18H17ClN2O2/c19-15-6-2-4-8-17(15)23-12-18(22)20-10-9-13-11-21-16-7-3-1-5-14(13)16/h1-8,11,21H,9-10,12H2,(H,20,22). The Morgan fingerprint density at radius 3 is 2.78 bits per heavy atom. The Kier molecular flexibility index (Phi) is 4.83. The van der Waals surface area contributed by atoms with Gasteiger partial charge in [-0.3, -0.25) is 4.79 Å². The van der Waals surface area contributed by atoms with Crippen LogP contribution in [0.4, 0.5) is 0 Å².